The zero-order chi connectivity index (χ0) is 23.1. The number of hydrogen-bond acceptors (Lipinski definition) is 7. The SMILES string of the molecule is CC1=C(C(=O)OC(C)C)C(c2cncc3ncc(-c4ccccc4)cc23)C2=C(COC2=O)N1. The maximum Gasteiger partial charge on any atom is 0.337 e. The van der Waals surface area contributed by atoms with Crippen molar-refractivity contribution in [3.63, 3.8) is 0 Å². The molecule has 1 N–H and O–H groups in total. The number of carbonyl (C=O) groups excluding carboxylic acids is 2. The normalized spacial score (nSPS) is 17.8. The Morgan fingerprint density at radius 1 is 1.15 bits per heavy atom. The van der Waals surface area contributed by atoms with Crippen LogP contribution in [-0.4, -0.2) is 34.6 Å². The highest BCUT2D eigenvalue weighted by atomic mass is 16.5. The summed E-state index contributed by atoms with van der Waals surface area (Å²) in [6, 6.07) is 12.0. The van der Waals surface area contributed by atoms with E-state index in [-0.39, 0.29) is 12.7 Å². The smallest absolute Gasteiger partial charge is 0.337 e. The van der Waals surface area contributed by atoms with Crippen LogP contribution in [0.5, 0.6) is 0 Å². The van der Waals surface area contributed by atoms with E-state index in [0.29, 0.717) is 33.6 Å². The summed E-state index contributed by atoms with van der Waals surface area (Å²) in [5, 5.41) is 3.99. The van der Waals surface area contributed by atoms with Gasteiger partial charge in [0.05, 0.1) is 40.6 Å². The Morgan fingerprint density at radius 3 is 2.70 bits per heavy atom. The largest absolute Gasteiger partial charge is 0.460 e. The lowest BCUT2D eigenvalue weighted by Gasteiger charge is -2.28. The van der Waals surface area contributed by atoms with Crippen LogP contribution in [0.1, 0.15) is 32.3 Å². The van der Waals surface area contributed by atoms with E-state index in [1.165, 1.54) is 0 Å². The van der Waals surface area contributed by atoms with Gasteiger partial charge in [-0.2, -0.15) is 0 Å². The highest BCUT2D eigenvalue weighted by Crippen LogP contribution is 2.43. The van der Waals surface area contributed by atoms with E-state index in [4.69, 9.17) is 9.47 Å². The van der Waals surface area contributed by atoms with E-state index in [2.05, 4.69) is 15.3 Å². The molecule has 0 aliphatic carbocycles. The summed E-state index contributed by atoms with van der Waals surface area (Å²) in [6.45, 7) is 5.54. The molecule has 4 heterocycles. The van der Waals surface area contributed by atoms with E-state index < -0.39 is 17.9 Å². The van der Waals surface area contributed by atoms with Crippen molar-refractivity contribution in [2.75, 3.05) is 6.61 Å². The number of cyclic esters (lactones) is 1. The van der Waals surface area contributed by atoms with E-state index in [1.54, 1.807) is 32.4 Å². The van der Waals surface area contributed by atoms with E-state index in [0.717, 1.165) is 16.5 Å². The Kier molecular flexibility index (Phi) is 5.17. The molecular formula is C26H23N3O4. The number of benzene rings is 1. The van der Waals surface area contributed by atoms with Crippen LogP contribution in [0.3, 0.4) is 0 Å². The fourth-order valence-corrected chi connectivity index (χ4v) is 4.41. The number of allylic oxidation sites excluding steroid dienone is 1. The summed E-state index contributed by atoms with van der Waals surface area (Å²) in [7, 11) is 0. The molecule has 0 radical (unpaired) electrons. The summed E-state index contributed by atoms with van der Waals surface area (Å²) in [4.78, 5) is 35.0. The van der Waals surface area contributed by atoms with Gasteiger partial charge in [0, 0.05) is 29.0 Å². The molecule has 0 saturated heterocycles. The Bertz CT molecular complexity index is 1340. The van der Waals surface area contributed by atoms with Crippen molar-refractivity contribution < 1.29 is 19.1 Å². The molecule has 3 aromatic rings. The first-order valence-electron chi connectivity index (χ1n) is 10.8. The van der Waals surface area contributed by atoms with Gasteiger partial charge in [-0.25, -0.2) is 9.59 Å². The number of ether oxygens (including phenoxy) is 2. The maximum absolute atomic E-state index is 13.2. The second-order valence-electron chi connectivity index (χ2n) is 8.40. The number of nitrogens with zero attached hydrogens (tertiary/aromatic N) is 2. The molecule has 0 fully saturated rings. The average molecular weight is 441 g/mol. The first kappa shape index (κ1) is 20.9. The van der Waals surface area contributed by atoms with Gasteiger partial charge >= 0.3 is 11.9 Å². The molecule has 7 heteroatoms. The molecule has 2 aliphatic rings. The van der Waals surface area contributed by atoms with Crippen LogP contribution >= 0.6 is 0 Å². The van der Waals surface area contributed by atoms with Gasteiger partial charge in [0.15, 0.2) is 0 Å². The van der Waals surface area contributed by atoms with Crippen molar-refractivity contribution in [2.45, 2.75) is 32.8 Å². The number of nitrogens with one attached hydrogen (secondary N) is 1. The van der Waals surface area contributed by atoms with E-state index in [1.807, 2.05) is 43.3 Å². The molecule has 0 saturated carbocycles. The molecule has 0 bridgehead atoms. The van der Waals surface area contributed by atoms with Gasteiger partial charge in [-0.1, -0.05) is 30.3 Å². The lowest BCUT2D eigenvalue weighted by molar-refractivity contribution is -0.143. The van der Waals surface area contributed by atoms with Crippen LogP contribution in [-0.2, 0) is 19.1 Å². The van der Waals surface area contributed by atoms with Gasteiger partial charge in [0.2, 0.25) is 0 Å². The van der Waals surface area contributed by atoms with Crippen LogP contribution in [0.15, 0.2) is 77.5 Å². The fourth-order valence-electron chi connectivity index (χ4n) is 4.41. The fraction of sp³-hybridized carbons (Fsp3) is 0.231. The third-order valence-corrected chi connectivity index (χ3v) is 5.83. The zero-order valence-electron chi connectivity index (χ0n) is 18.6. The van der Waals surface area contributed by atoms with Crippen molar-refractivity contribution in [2.24, 2.45) is 0 Å². The molecule has 0 amide bonds. The summed E-state index contributed by atoms with van der Waals surface area (Å²) < 4.78 is 10.9. The van der Waals surface area contributed by atoms with Gasteiger partial charge in [0.25, 0.3) is 0 Å². The molecule has 1 unspecified atom stereocenters. The quantitative estimate of drug-likeness (QED) is 0.612. The number of fused-ring (bicyclic) bond motifs is 1. The zero-order valence-corrected chi connectivity index (χ0v) is 18.6. The molecule has 1 aromatic carbocycles. The molecule has 2 aliphatic heterocycles. The van der Waals surface area contributed by atoms with Crippen LogP contribution < -0.4 is 5.32 Å². The third-order valence-electron chi connectivity index (χ3n) is 5.83. The molecular weight excluding hydrogens is 418 g/mol. The van der Waals surface area contributed by atoms with Crippen molar-refractivity contribution in [1.29, 1.82) is 0 Å². The van der Waals surface area contributed by atoms with Gasteiger partial charge in [-0.15, -0.1) is 0 Å². The van der Waals surface area contributed by atoms with Gasteiger partial charge in [0.1, 0.15) is 6.61 Å². The van der Waals surface area contributed by atoms with Crippen molar-refractivity contribution in [3.8, 4) is 11.1 Å². The number of rotatable bonds is 4. The van der Waals surface area contributed by atoms with Gasteiger partial charge in [-0.05, 0) is 38.0 Å². The van der Waals surface area contributed by atoms with E-state index >= 15 is 0 Å². The Balaban J connectivity index is 1.73. The summed E-state index contributed by atoms with van der Waals surface area (Å²) in [6.07, 6.45) is 4.87. The van der Waals surface area contributed by atoms with Crippen molar-refractivity contribution >= 4 is 22.8 Å². The number of carbonyl (C=O) groups is 2. The Labute approximate surface area is 191 Å². The maximum atomic E-state index is 13.2. The number of pyridine rings is 2. The van der Waals surface area contributed by atoms with Crippen molar-refractivity contribution in [1.82, 2.24) is 15.3 Å². The van der Waals surface area contributed by atoms with Crippen LogP contribution in [0.2, 0.25) is 0 Å². The Morgan fingerprint density at radius 2 is 1.94 bits per heavy atom. The highest BCUT2D eigenvalue weighted by molar-refractivity contribution is 6.03. The topological polar surface area (TPSA) is 90.4 Å². The van der Waals surface area contributed by atoms with Crippen LogP contribution in [0, 0.1) is 0 Å². The second kappa shape index (κ2) is 8.16. The van der Waals surface area contributed by atoms with Crippen LogP contribution in [0.4, 0.5) is 0 Å². The molecule has 7 nitrogen and oxygen atoms in total. The minimum Gasteiger partial charge on any atom is -0.460 e. The third kappa shape index (κ3) is 3.65. The first-order chi connectivity index (χ1) is 15.9. The molecule has 33 heavy (non-hydrogen) atoms. The number of dihydropyridines is 1. The monoisotopic (exact) mass is 441 g/mol. The first-order valence-corrected chi connectivity index (χ1v) is 10.8. The molecule has 0 spiro atoms. The lowest BCUT2D eigenvalue weighted by atomic mass is 9.80. The molecule has 2 aromatic heterocycles. The number of aromatic nitrogens is 2. The molecule has 166 valence electrons. The lowest BCUT2D eigenvalue weighted by Crippen LogP contribution is -2.31. The average Bonchev–Trinajstić information content (AvgIpc) is 3.17. The van der Waals surface area contributed by atoms with E-state index in [9.17, 15) is 9.59 Å². The molecule has 5 rings (SSSR count). The highest BCUT2D eigenvalue weighted by Gasteiger charge is 2.42. The van der Waals surface area contributed by atoms with Gasteiger partial charge < -0.3 is 14.8 Å². The second-order valence-corrected chi connectivity index (χ2v) is 8.40. The van der Waals surface area contributed by atoms with Gasteiger partial charge in [-0.3, -0.25) is 9.97 Å². The standard InChI is InChI=1S/C26H23N3O4/c1-14(2)33-26(31)22-15(3)29-21-13-32-25(30)24(21)23(22)19-11-27-12-20-18(19)9-17(10-28-20)16-7-5-4-6-8-16/h4-12,14,23,29H,13H2,1-3H3. The predicted molar refractivity (Wildman–Crippen MR) is 123 cm³/mol. The van der Waals surface area contributed by atoms with Crippen molar-refractivity contribution in [3.05, 3.63) is 83.1 Å². The molecule has 1 atom stereocenters. The minimum atomic E-state index is -0.675. The Hall–Kier alpha value is -4.00. The predicted octanol–water partition coefficient (Wildman–Crippen LogP) is 4.02. The number of hydrogen-bond donors (Lipinski definition) is 1. The number of esters is 2. The summed E-state index contributed by atoms with van der Waals surface area (Å²) in [5.41, 5.74) is 5.41. The minimum absolute atomic E-state index is 0.139. The summed E-state index contributed by atoms with van der Waals surface area (Å²) in [5.74, 6) is -1.60. The summed E-state index contributed by atoms with van der Waals surface area (Å²) >= 11 is 0. The van der Waals surface area contributed by atoms with Crippen LogP contribution in [0.25, 0.3) is 22.0 Å².